The van der Waals surface area contributed by atoms with Crippen LogP contribution < -0.4 is 0 Å². The van der Waals surface area contributed by atoms with Gasteiger partial charge in [0.25, 0.3) is 0 Å². The summed E-state index contributed by atoms with van der Waals surface area (Å²) in [5, 5.41) is 11.3. The number of carbonyl (C=O) groups is 1. The van der Waals surface area contributed by atoms with Crippen LogP contribution in [0.2, 0.25) is 0 Å². The number of benzene rings is 1. The van der Waals surface area contributed by atoms with Crippen LogP contribution in [0.15, 0.2) is 69.7 Å². The highest BCUT2D eigenvalue weighted by molar-refractivity contribution is 8.19. The molecule has 114 valence electrons. The highest BCUT2D eigenvalue weighted by Crippen LogP contribution is 2.42. The van der Waals surface area contributed by atoms with Gasteiger partial charge in [-0.3, -0.25) is 4.79 Å². The summed E-state index contributed by atoms with van der Waals surface area (Å²) in [5.41, 5.74) is 3.31. The van der Waals surface area contributed by atoms with Crippen LogP contribution >= 0.6 is 11.8 Å². The number of thioether (sulfide) groups is 1. The van der Waals surface area contributed by atoms with Crippen LogP contribution in [0.25, 0.3) is 0 Å². The number of Topliss-reactive ketones (excluding diaryl/α,β-unsaturated/α-hetero) is 1. The van der Waals surface area contributed by atoms with E-state index in [9.17, 15) is 9.90 Å². The number of rotatable bonds is 4. The first-order chi connectivity index (χ1) is 10.5. The number of nitrogens with zero attached hydrogens (tertiary/aromatic N) is 1. The second-order valence-corrected chi connectivity index (χ2v) is 6.10. The van der Waals surface area contributed by atoms with Crippen molar-refractivity contribution in [3.05, 3.63) is 70.3 Å². The Hall–Kier alpha value is -1.91. The Morgan fingerprint density at radius 3 is 2.50 bits per heavy atom. The van der Waals surface area contributed by atoms with Crippen LogP contribution in [-0.2, 0) is 4.79 Å². The fraction of sp³-hybridized carbons (Fsp3) is 0.222. The van der Waals surface area contributed by atoms with Gasteiger partial charge in [0.05, 0.1) is 4.91 Å². The first-order valence-corrected chi connectivity index (χ1v) is 7.82. The molecule has 1 atom stereocenters. The van der Waals surface area contributed by atoms with Crippen molar-refractivity contribution in [2.45, 2.75) is 26.9 Å². The number of aliphatic imine (C=N–C) groups is 1. The Kier molecular flexibility index (Phi) is 5.16. The number of aliphatic hydroxyl groups is 1. The smallest absolute Gasteiger partial charge is 0.166 e. The third-order valence-corrected chi connectivity index (χ3v) is 4.88. The topological polar surface area (TPSA) is 49.7 Å². The zero-order chi connectivity index (χ0) is 16.3. The Morgan fingerprint density at radius 2 is 1.95 bits per heavy atom. The van der Waals surface area contributed by atoms with E-state index in [0.717, 1.165) is 22.3 Å². The molecule has 0 amide bonds. The first kappa shape index (κ1) is 16.5. The Bertz CT molecular complexity index is 699. The van der Waals surface area contributed by atoms with Crippen molar-refractivity contribution in [1.29, 1.82) is 0 Å². The minimum absolute atomic E-state index is 0.0104. The number of hydrogen-bond acceptors (Lipinski definition) is 4. The summed E-state index contributed by atoms with van der Waals surface area (Å²) < 4.78 is 0. The van der Waals surface area contributed by atoms with E-state index in [0.29, 0.717) is 9.95 Å². The second-order valence-electron chi connectivity index (χ2n) is 5.10. The van der Waals surface area contributed by atoms with E-state index in [-0.39, 0.29) is 5.78 Å². The molecule has 0 saturated heterocycles. The number of aliphatic hydroxyl groups excluding tert-OH is 1. The third kappa shape index (κ3) is 3.13. The molecule has 1 heterocycles. The van der Waals surface area contributed by atoms with E-state index in [2.05, 4.69) is 11.6 Å². The average molecular weight is 313 g/mol. The van der Waals surface area contributed by atoms with Gasteiger partial charge in [-0.05, 0) is 37.5 Å². The molecule has 22 heavy (non-hydrogen) atoms. The molecule has 1 aromatic rings. The fourth-order valence-electron chi connectivity index (χ4n) is 2.49. The maximum absolute atomic E-state index is 11.8. The van der Waals surface area contributed by atoms with Gasteiger partial charge in [0, 0.05) is 11.8 Å². The van der Waals surface area contributed by atoms with Crippen LogP contribution in [0.5, 0.6) is 0 Å². The van der Waals surface area contributed by atoms with Gasteiger partial charge in [-0.2, -0.15) is 0 Å². The minimum Gasteiger partial charge on any atom is -0.384 e. The second kappa shape index (κ2) is 6.90. The van der Waals surface area contributed by atoms with Crippen molar-refractivity contribution in [2.75, 3.05) is 0 Å². The molecular weight excluding hydrogens is 294 g/mol. The predicted octanol–water partition coefficient (Wildman–Crippen LogP) is 4.19. The SMILES string of the molecule is C=C/N=C1/SC(C(C)=O)=C(C)/C1=C(/C)C(O)c1ccccc1. The number of allylic oxidation sites excluding steroid dienone is 2. The monoisotopic (exact) mass is 313 g/mol. The number of carbonyl (C=O) groups excluding carboxylic acids is 1. The summed E-state index contributed by atoms with van der Waals surface area (Å²) in [4.78, 5) is 16.7. The number of hydrogen-bond donors (Lipinski definition) is 1. The Balaban J connectivity index is 2.55. The lowest BCUT2D eigenvalue weighted by atomic mass is 9.94. The molecule has 0 fully saturated rings. The molecule has 0 aromatic heterocycles. The van der Waals surface area contributed by atoms with E-state index in [1.807, 2.05) is 44.2 Å². The van der Waals surface area contributed by atoms with Crippen LogP contribution in [0.1, 0.15) is 32.4 Å². The third-order valence-electron chi connectivity index (χ3n) is 3.58. The Morgan fingerprint density at radius 1 is 1.32 bits per heavy atom. The van der Waals surface area contributed by atoms with Gasteiger partial charge < -0.3 is 5.11 Å². The lowest BCUT2D eigenvalue weighted by molar-refractivity contribution is -0.113. The molecule has 1 aliphatic heterocycles. The van der Waals surface area contributed by atoms with Crippen LogP contribution in [-0.4, -0.2) is 15.9 Å². The quantitative estimate of drug-likeness (QED) is 0.907. The van der Waals surface area contributed by atoms with Crippen LogP contribution in [0.3, 0.4) is 0 Å². The van der Waals surface area contributed by atoms with Gasteiger partial charge in [-0.15, -0.1) is 0 Å². The molecule has 0 saturated carbocycles. The minimum atomic E-state index is -0.729. The predicted molar refractivity (Wildman–Crippen MR) is 92.7 cm³/mol. The molecule has 2 rings (SSSR count). The van der Waals surface area contributed by atoms with E-state index in [4.69, 9.17) is 0 Å². The number of ketones is 1. The molecule has 1 aromatic carbocycles. The lowest BCUT2D eigenvalue weighted by Crippen LogP contribution is -2.06. The van der Waals surface area contributed by atoms with Crippen molar-refractivity contribution in [2.24, 2.45) is 4.99 Å². The van der Waals surface area contributed by atoms with Gasteiger partial charge >= 0.3 is 0 Å². The van der Waals surface area contributed by atoms with E-state index in [1.165, 1.54) is 18.0 Å². The molecule has 1 N–H and O–H groups in total. The Labute approximate surface area is 135 Å². The normalized spacial score (nSPS) is 20.3. The van der Waals surface area contributed by atoms with Crippen molar-refractivity contribution >= 4 is 22.6 Å². The molecule has 0 radical (unpaired) electrons. The molecule has 0 spiro atoms. The first-order valence-electron chi connectivity index (χ1n) is 7.00. The molecule has 0 bridgehead atoms. The van der Waals surface area contributed by atoms with E-state index in [1.54, 1.807) is 6.92 Å². The zero-order valence-corrected chi connectivity index (χ0v) is 13.8. The van der Waals surface area contributed by atoms with E-state index >= 15 is 0 Å². The lowest BCUT2D eigenvalue weighted by Gasteiger charge is -2.15. The zero-order valence-electron chi connectivity index (χ0n) is 13.0. The summed E-state index contributed by atoms with van der Waals surface area (Å²) >= 11 is 1.34. The fourth-order valence-corrected chi connectivity index (χ4v) is 3.63. The largest absolute Gasteiger partial charge is 0.384 e. The summed E-state index contributed by atoms with van der Waals surface area (Å²) in [6.07, 6.45) is 0.731. The highest BCUT2D eigenvalue weighted by Gasteiger charge is 2.29. The molecule has 3 nitrogen and oxygen atoms in total. The van der Waals surface area contributed by atoms with Crippen LogP contribution in [0, 0.1) is 0 Å². The summed E-state index contributed by atoms with van der Waals surface area (Å²) in [6, 6.07) is 9.45. The van der Waals surface area contributed by atoms with Crippen molar-refractivity contribution < 1.29 is 9.90 Å². The van der Waals surface area contributed by atoms with Gasteiger partial charge in [-0.25, -0.2) is 4.99 Å². The maximum atomic E-state index is 11.8. The summed E-state index contributed by atoms with van der Waals surface area (Å²) in [5.74, 6) is 0.0104. The molecule has 4 heteroatoms. The maximum Gasteiger partial charge on any atom is 0.166 e. The van der Waals surface area contributed by atoms with Crippen molar-refractivity contribution in [3.63, 3.8) is 0 Å². The average Bonchev–Trinajstić information content (AvgIpc) is 2.84. The summed E-state index contributed by atoms with van der Waals surface area (Å²) in [7, 11) is 0. The molecule has 1 aliphatic rings. The van der Waals surface area contributed by atoms with Gasteiger partial charge in [-0.1, -0.05) is 48.7 Å². The van der Waals surface area contributed by atoms with Crippen LogP contribution in [0.4, 0.5) is 0 Å². The molecule has 1 unspecified atom stereocenters. The van der Waals surface area contributed by atoms with Crippen molar-refractivity contribution in [1.82, 2.24) is 0 Å². The summed E-state index contributed by atoms with van der Waals surface area (Å²) in [6.45, 7) is 8.94. The van der Waals surface area contributed by atoms with Crippen molar-refractivity contribution in [3.8, 4) is 0 Å². The highest BCUT2D eigenvalue weighted by atomic mass is 32.2. The van der Waals surface area contributed by atoms with Gasteiger partial charge in [0.1, 0.15) is 11.1 Å². The van der Waals surface area contributed by atoms with E-state index < -0.39 is 6.10 Å². The molecular formula is C18H19NO2S. The standard InChI is InChI=1S/C18H19NO2S/c1-5-19-18-15(12(3)17(22-18)13(4)20)11(2)16(21)14-9-7-6-8-10-14/h5-10,16,21H,1H2,2-4H3/b15-11+,19-18+. The van der Waals surface area contributed by atoms with Gasteiger partial charge in [0.2, 0.25) is 0 Å². The van der Waals surface area contributed by atoms with Gasteiger partial charge in [0.15, 0.2) is 5.78 Å². The molecule has 0 aliphatic carbocycles.